The Kier molecular flexibility index (Phi) is 6.68. The number of amides is 1. The molecule has 2 aromatic rings. The Bertz CT molecular complexity index is 996. The van der Waals surface area contributed by atoms with Gasteiger partial charge in [-0.25, -0.2) is 4.79 Å². The van der Waals surface area contributed by atoms with Crippen molar-refractivity contribution < 1.29 is 19.4 Å². The van der Waals surface area contributed by atoms with Gasteiger partial charge >= 0.3 is 5.97 Å². The Morgan fingerprint density at radius 2 is 1.93 bits per heavy atom. The average molecular weight is 504 g/mol. The van der Waals surface area contributed by atoms with Gasteiger partial charge in [0.1, 0.15) is 5.75 Å². The molecule has 3 rings (SSSR count). The lowest BCUT2D eigenvalue weighted by molar-refractivity contribution is -0.114. The fourth-order valence-electron chi connectivity index (χ4n) is 2.95. The summed E-state index contributed by atoms with van der Waals surface area (Å²) in [6.45, 7) is 4.07. The van der Waals surface area contributed by atoms with Crippen LogP contribution >= 0.6 is 22.6 Å². The first-order chi connectivity index (χ1) is 13.9. The second-order valence-corrected chi connectivity index (χ2v) is 7.69. The molecule has 0 radical (unpaired) electrons. The van der Waals surface area contributed by atoms with E-state index >= 15 is 0 Å². The monoisotopic (exact) mass is 504 g/mol. The van der Waals surface area contributed by atoms with Crippen molar-refractivity contribution >= 4 is 51.9 Å². The third-order valence-corrected chi connectivity index (χ3v) is 5.02. The molecule has 0 fully saturated rings. The number of esters is 1. The molecule has 2 aromatic carbocycles. The molecule has 1 aliphatic heterocycles. The predicted octanol–water partition coefficient (Wildman–Crippen LogP) is 4.76. The van der Waals surface area contributed by atoms with Crippen LogP contribution in [0.15, 0.2) is 53.1 Å². The van der Waals surface area contributed by atoms with Gasteiger partial charge in [0.15, 0.2) is 0 Å². The third kappa shape index (κ3) is 4.67. The number of phenolic OH excluding ortho intramolecular Hbond substituents is 1. The van der Waals surface area contributed by atoms with Crippen molar-refractivity contribution in [3.05, 3.63) is 62.7 Å². The third-order valence-electron chi connectivity index (χ3n) is 4.35. The Morgan fingerprint density at radius 3 is 2.59 bits per heavy atom. The van der Waals surface area contributed by atoms with Crippen LogP contribution in [0.25, 0.3) is 6.08 Å². The number of carbonyl (C=O) groups is 2. The fraction of sp³-hybridized carbons (Fsp3) is 0.227. The molecule has 0 aromatic heterocycles. The van der Waals surface area contributed by atoms with E-state index in [-0.39, 0.29) is 11.7 Å². The normalized spacial score (nSPS) is 15.0. The number of hydrogen-bond donors (Lipinski definition) is 1. The zero-order chi connectivity index (χ0) is 21.0. The van der Waals surface area contributed by atoms with E-state index in [0.29, 0.717) is 41.1 Å². The van der Waals surface area contributed by atoms with Crippen LogP contribution in [0.2, 0.25) is 0 Å². The van der Waals surface area contributed by atoms with Crippen LogP contribution < -0.4 is 5.01 Å². The van der Waals surface area contributed by atoms with Crippen LogP contribution in [-0.2, 0) is 9.53 Å². The molecule has 0 spiro atoms. The molecule has 29 heavy (non-hydrogen) atoms. The predicted molar refractivity (Wildman–Crippen MR) is 121 cm³/mol. The van der Waals surface area contributed by atoms with Gasteiger partial charge in [0.25, 0.3) is 5.91 Å². The summed E-state index contributed by atoms with van der Waals surface area (Å²) in [5.41, 5.74) is 2.68. The summed E-state index contributed by atoms with van der Waals surface area (Å²) >= 11 is 2.16. The summed E-state index contributed by atoms with van der Waals surface area (Å²) in [6, 6.07) is 11.8. The molecule has 1 N–H and O–H groups in total. The summed E-state index contributed by atoms with van der Waals surface area (Å²) in [5.74, 6) is -0.564. The number of aromatic hydroxyl groups is 1. The second-order valence-electron chi connectivity index (χ2n) is 6.44. The lowest BCUT2D eigenvalue weighted by Gasteiger charge is -2.12. The molecular formula is C22H21IN2O4. The Labute approximate surface area is 183 Å². The molecule has 7 heteroatoms. The highest BCUT2D eigenvalue weighted by Crippen LogP contribution is 2.29. The van der Waals surface area contributed by atoms with Crippen molar-refractivity contribution in [2.24, 2.45) is 5.10 Å². The number of hydrazone groups is 1. The zero-order valence-corrected chi connectivity index (χ0v) is 18.3. The van der Waals surface area contributed by atoms with Crippen molar-refractivity contribution in [3.8, 4) is 5.75 Å². The summed E-state index contributed by atoms with van der Waals surface area (Å²) in [6.07, 6.45) is 3.15. The Morgan fingerprint density at radius 1 is 1.21 bits per heavy atom. The molecule has 1 heterocycles. The molecule has 1 aliphatic rings. The van der Waals surface area contributed by atoms with Crippen molar-refractivity contribution in [1.82, 2.24) is 0 Å². The summed E-state index contributed by atoms with van der Waals surface area (Å²) in [7, 11) is 0. The maximum atomic E-state index is 13.1. The van der Waals surface area contributed by atoms with Gasteiger partial charge in [0.05, 0.1) is 29.1 Å². The van der Waals surface area contributed by atoms with Gasteiger partial charge in [-0.2, -0.15) is 10.1 Å². The lowest BCUT2D eigenvalue weighted by atomic mass is 10.0. The molecule has 0 unspecified atom stereocenters. The average Bonchev–Trinajstić information content (AvgIpc) is 3.01. The molecule has 0 saturated carbocycles. The van der Waals surface area contributed by atoms with E-state index < -0.39 is 5.97 Å². The van der Waals surface area contributed by atoms with Crippen LogP contribution in [0, 0.1) is 3.57 Å². The first-order valence-electron chi connectivity index (χ1n) is 9.34. The van der Waals surface area contributed by atoms with Gasteiger partial charge in [0.2, 0.25) is 0 Å². The molecule has 0 atom stereocenters. The molecule has 0 aliphatic carbocycles. The van der Waals surface area contributed by atoms with Crippen LogP contribution in [0.5, 0.6) is 5.75 Å². The zero-order valence-electron chi connectivity index (χ0n) is 16.2. The smallest absolute Gasteiger partial charge is 0.338 e. The van der Waals surface area contributed by atoms with Gasteiger partial charge in [-0.1, -0.05) is 13.3 Å². The van der Waals surface area contributed by atoms with Crippen molar-refractivity contribution in [2.75, 3.05) is 11.6 Å². The van der Waals surface area contributed by atoms with E-state index in [1.54, 1.807) is 49.4 Å². The molecule has 0 saturated heterocycles. The topological polar surface area (TPSA) is 79.2 Å². The first kappa shape index (κ1) is 21.0. The Hall–Kier alpha value is -2.68. The fourth-order valence-corrected chi connectivity index (χ4v) is 3.46. The van der Waals surface area contributed by atoms with Gasteiger partial charge in [-0.3, -0.25) is 4.79 Å². The maximum absolute atomic E-state index is 13.1. The van der Waals surface area contributed by atoms with Crippen LogP contribution in [0.1, 0.15) is 42.6 Å². The number of halogens is 1. The van der Waals surface area contributed by atoms with Crippen LogP contribution in [0.3, 0.4) is 0 Å². The molecule has 0 bridgehead atoms. The summed E-state index contributed by atoms with van der Waals surface area (Å²) in [5, 5.41) is 16.0. The number of carbonyl (C=O) groups excluding carboxylic acids is 2. The standard InChI is InChI=1S/C22H21IN2O4/c1-3-5-19-18(13-15-12-16(23)8-11-20(15)26)21(27)25(24-19)17-9-6-14(7-10-17)22(28)29-4-2/h6-13,26H,3-5H2,1-2H3/b18-13+. The number of nitrogens with zero attached hydrogens (tertiary/aromatic N) is 2. The van der Waals surface area contributed by atoms with Gasteiger partial charge in [-0.05, 0) is 84.5 Å². The van der Waals surface area contributed by atoms with Gasteiger partial charge < -0.3 is 9.84 Å². The van der Waals surface area contributed by atoms with E-state index in [9.17, 15) is 14.7 Å². The number of benzene rings is 2. The second kappa shape index (κ2) is 9.21. The number of ether oxygens (including phenoxy) is 1. The van der Waals surface area contributed by atoms with Gasteiger partial charge in [-0.15, -0.1) is 0 Å². The SMILES string of the molecule is CCCC1=NN(c2ccc(C(=O)OCC)cc2)C(=O)/C1=C/c1cc(I)ccc1O. The van der Waals surface area contributed by atoms with Crippen LogP contribution in [0.4, 0.5) is 5.69 Å². The highest BCUT2D eigenvalue weighted by atomic mass is 127. The summed E-state index contributed by atoms with van der Waals surface area (Å²) in [4.78, 5) is 24.9. The first-order valence-corrected chi connectivity index (χ1v) is 10.4. The number of hydrogen-bond acceptors (Lipinski definition) is 5. The van der Waals surface area contributed by atoms with E-state index in [0.717, 1.165) is 9.99 Å². The molecular weight excluding hydrogens is 483 g/mol. The van der Waals surface area contributed by atoms with E-state index in [2.05, 4.69) is 27.7 Å². The minimum absolute atomic E-state index is 0.110. The number of phenols is 1. The number of rotatable bonds is 6. The van der Waals surface area contributed by atoms with Crippen LogP contribution in [-0.4, -0.2) is 29.3 Å². The quantitative estimate of drug-likeness (QED) is 0.350. The number of anilines is 1. The van der Waals surface area contributed by atoms with E-state index in [1.807, 2.05) is 13.0 Å². The van der Waals surface area contributed by atoms with Crippen molar-refractivity contribution in [1.29, 1.82) is 0 Å². The maximum Gasteiger partial charge on any atom is 0.338 e. The Balaban J connectivity index is 1.94. The summed E-state index contributed by atoms with van der Waals surface area (Å²) < 4.78 is 5.94. The highest BCUT2D eigenvalue weighted by Gasteiger charge is 2.31. The van der Waals surface area contributed by atoms with E-state index in [4.69, 9.17) is 4.74 Å². The van der Waals surface area contributed by atoms with Crippen molar-refractivity contribution in [3.63, 3.8) is 0 Å². The van der Waals surface area contributed by atoms with E-state index in [1.165, 1.54) is 5.01 Å². The highest BCUT2D eigenvalue weighted by molar-refractivity contribution is 14.1. The minimum Gasteiger partial charge on any atom is -0.507 e. The largest absolute Gasteiger partial charge is 0.507 e. The molecule has 1 amide bonds. The van der Waals surface area contributed by atoms with Gasteiger partial charge in [0, 0.05) is 9.13 Å². The molecule has 150 valence electrons. The molecule has 6 nitrogen and oxygen atoms in total. The van der Waals surface area contributed by atoms with Crippen molar-refractivity contribution in [2.45, 2.75) is 26.7 Å². The minimum atomic E-state index is -0.406. The lowest BCUT2D eigenvalue weighted by Crippen LogP contribution is -2.21.